The van der Waals surface area contributed by atoms with Crippen LogP contribution in [0.5, 0.6) is 11.5 Å². The molecule has 0 bridgehead atoms. The van der Waals surface area contributed by atoms with Crippen molar-refractivity contribution in [1.82, 2.24) is 9.99 Å². The van der Waals surface area contributed by atoms with Gasteiger partial charge in [0.05, 0.1) is 18.9 Å². The van der Waals surface area contributed by atoms with Gasteiger partial charge < -0.3 is 14.3 Å². The molecule has 1 unspecified atom stereocenters. The molecule has 2 aromatic carbocycles. The summed E-state index contributed by atoms with van der Waals surface area (Å²) in [5.41, 5.74) is 2.95. The van der Waals surface area contributed by atoms with Crippen LogP contribution >= 0.6 is 0 Å². The molecule has 0 fully saturated rings. The first-order chi connectivity index (χ1) is 16.1. The topological polar surface area (TPSA) is 88.2 Å². The van der Waals surface area contributed by atoms with Crippen LogP contribution in [0.4, 0.5) is 0 Å². The smallest absolute Gasteiger partial charge is 0.310 e. The maximum absolute atomic E-state index is 13.5. The highest BCUT2D eigenvalue weighted by Crippen LogP contribution is 2.38. The summed E-state index contributed by atoms with van der Waals surface area (Å²) in [6.07, 6.45) is 3.84. The number of amides is 1. The zero-order valence-electron chi connectivity index (χ0n) is 17.9. The molecule has 0 radical (unpaired) electrons. The molecule has 1 aliphatic rings. The lowest BCUT2D eigenvalue weighted by molar-refractivity contribution is 0.0678. The van der Waals surface area contributed by atoms with E-state index in [1.165, 1.54) is 5.01 Å². The van der Waals surface area contributed by atoms with Gasteiger partial charge in [-0.05, 0) is 36.4 Å². The van der Waals surface area contributed by atoms with E-state index in [0.29, 0.717) is 29.2 Å². The van der Waals surface area contributed by atoms with Gasteiger partial charge in [-0.15, -0.1) is 0 Å². The molecular formula is C26H21N3O4. The zero-order chi connectivity index (χ0) is 22.8. The maximum atomic E-state index is 13.5. The fourth-order valence-corrected chi connectivity index (χ4v) is 3.91. The maximum Gasteiger partial charge on any atom is 0.310 e. The van der Waals surface area contributed by atoms with Gasteiger partial charge in [-0.2, -0.15) is 5.10 Å². The quantitative estimate of drug-likeness (QED) is 0.470. The van der Waals surface area contributed by atoms with Crippen molar-refractivity contribution < 1.29 is 19.1 Å². The van der Waals surface area contributed by atoms with Gasteiger partial charge in [0.2, 0.25) is 0 Å². The third-order valence-corrected chi connectivity index (χ3v) is 5.58. The zero-order valence-corrected chi connectivity index (χ0v) is 17.9. The number of hydrogen-bond acceptors (Lipinski definition) is 6. The molecule has 33 heavy (non-hydrogen) atoms. The number of para-hydroxylation sites is 1. The van der Waals surface area contributed by atoms with Gasteiger partial charge >= 0.3 is 5.91 Å². The van der Waals surface area contributed by atoms with E-state index in [0.717, 1.165) is 11.1 Å². The SMILES string of the molecule is COc1cccc(-c2ccc(C(=O)N3N=C(c4cccnc4)CC3c3ccccc3O)o2)c1. The van der Waals surface area contributed by atoms with Crippen LogP contribution in [0.3, 0.4) is 0 Å². The Hall–Kier alpha value is -4.39. The summed E-state index contributed by atoms with van der Waals surface area (Å²) in [4.78, 5) is 17.7. The van der Waals surface area contributed by atoms with Crippen molar-refractivity contribution in [3.05, 3.63) is 102 Å². The van der Waals surface area contributed by atoms with Gasteiger partial charge in [-0.1, -0.05) is 36.4 Å². The largest absolute Gasteiger partial charge is 0.508 e. The van der Waals surface area contributed by atoms with E-state index in [9.17, 15) is 9.90 Å². The minimum Gasteiger partial charge on any atom is -0.508 e. The Morgan fingerprint density at radius 3 is 2.70 bits per heavy atom. The van der Waals surface area contributed by atoms with Crippen molar-refractivity contribution in [3.8, 4) is 22.8 Å². The minimum absolute atomic E-state index is 0.111. The van der Waals surface area contributed by atoms with Crippen molar-refractivity contribution in [1.29, 1.82) is 0 Å². The predicted octanol–water partition coefficient (Wildman–Crippen LogP) is 5.05. The van der Waals surface area contributed by atoms with Crippen LogP contribution in [-0.4, -0.2) is 33.8 Å². The minimum atomic E-state index is -0.473. The summed E-state index contributed by atoms with van der Waals surface area (Å²) in [6, 6.07) is 21.0. The van der Waals surface area contributed by atoms with Crippen LogP contribution in [0.25, 0.3) is 11.3 Å². The number of phenols is 1. The second kappa shape index (κ2) is 8.63. The van der Waals surface area contributed by atoms with Gasteiger partial charge in [-0.25, -0.2) is 5.01 Å². The van der Waals surface area contributed by atoms with Crippen LogP contribution < -0.4 is 4.74 Å². The molecule has 0 saturated heterocycles. The van der Waals surface area contributed by atoms with Crippen LogP contribution in [0.2, 0.25) is 0 Å². The Labute approximate surface area is 190 Å². The number of hydrazone groups is 1. The number of hydrogen-bond donors (Lipinski definition) is 1. The third-order valence-electron chi connectivity index (χ3n) is 5.58. The molecule has 0 aliphatic carbocycles. The van der Waals surface area contributed by atoms with Gasteiger partial charge in [0.15, 0.2) is 5.76 Å². The number of furan rings is 1. The molecule has 1 atom stereocenters. The Bertz CT molecular complexity index is 1330. The Morgan fingerprint density at radius 2 is 1.91 bits per heavy atom. The van der Waals surface area contributed by atoms with Gasteiger partial charge in [0.25, 0.3) is 0 Å². The summed E-state index contributed by atoms with van der Waals surface area (Å²) >= 11 is 0. The number of phenolic OH excluding ortho intramolecular Hbond substituents is 1. The second-order valence-corrected chi connectivity index (χ2v) is 7.61. The van der Waals surface area contributed by atoms with E-state index in [4.69, 9.17) is 9.15 Å². The van der Waals surface area contributed by atoms with Crippen molar-refractivity contribution in [2.24, 2.45) is 5.10 Å². The van der Waals surface area contributed by atoms with E-state index in [1.54, 1.807) is 49.8 Å². The molecule has 4 aromatic rings. The Balaban J connectivity index is 1.50. The second-order valence-electron chi connectivity index (χ2n) is 7.61. The molecule has 1 amide bonds. The summed E-state index contributed by atoms with van der Waals surface area (Å²) in [5.74, 6) is 1.12. The normalized spacial score (nSPS) is 15.4. The number of aromatic nitrogens is 1. The predicted molar refractivity (Wildman–Crippen MR) is 123 cm³/mol. The number of carbonyl (C=O) groups is 1. The Kier molecular flexibility index (Phi) is 5.36. The van der Waals surface area contributed by atoms with Crippen molar-refractivity contribution >= 4 is 11.6 Å². The fraction of sp³-hybridized carbons (Fsp3) is 0.115. The van der Waals surface area contributed by atoms with E-state index in [-0.39, 0.29) is 11.5 Å². The molecule has 1 aliphatic heterocycles. The molecule has 164 valence electrons. The van der Waals surface area contributed by atoms with E-state index >= 15 is 0 Å². The lowest BCUT2D eigenvalue weighted by atomic mass is 9.98. The van der Waals surface area contributed by atoms with Crippen LogP contribution in [0, 0.1) is 0 Å². The van der Waals surface area contributed by atoms with Crippen LogP contribution in [0.15, 0.2) is 94.7 Å². The van der Waals surface area contributed by atoms with Gasteiger partial charge in [-0.3, -0.25) is 9.78 Å². The number of aromatic hydroxyl groups is 1. The fourth-order valence-electron chi connectivity index (χ4n) is 3.91. The number of nitrogens with zero attached hydrogens (tertiary/aromatic N) is 3. The van der Waals surface area contributed by atoms with Crippen molar-refractivity contribution in [2.75, 3.05) is 7.11 Å². The number of methoxy groups -OCH3 is 1. The number of rotatable bonds is 5. The Morgan fingerprint density at radius 1 is 1.06 bits per heavy atom. The first-order valence-electron chi connectivity index (χ1n) is 10.5. The molecule has 7 nitrogen and oxygen atoms in total. The van der Waals surface area contributed by atoms with Crippen molar-refractivity contribution in [3.63, 3.8) is 0 Å². The molecule has 2 aromatic heterocycles. The monoisotopic (exact) mass is 439 g/mol. The standard InChI is InChI=1S/C26H21N3O4/c1-32-19-8-4-6-17(14-19)24-11-12-25(33-24)26(31)29-22(20-9-2-3-10-23(20)30)15-21(28-29)18-7-5-13-27-16-18/h2-14,16,22,30H,15H2,1H3. The van der Waals surface area contributed by atoms with E-state index in [1.807, 2.05) is 42.5 Å². The molecule has 5 rings (SSSR count). The average molecular weight is 439 g/mol. The lowest BCUT2D eigenvalue weighted by Crippen LogP contribution is -2.26. The van der Waals surface area contributed by atoms with Crippen LogP contribution in [0.1, 0.15) is 34.1 Å². The molecular weight excluding hydrogens is 418 g/mol. The van der Waals surface area contributed by atoms with Gasteiger partial charge in [0.1, 0.15) is 17.3 Å². The number of ether oxygens (including phenoxy) is 1. The molecule has 0 spiro atoms. The lowest BCUT2D eigenvalue weighted by Gasteiger charge is -2.21. The van der Waals surface area contributed by atoms with Crippen LogP contribution in [-0.2, 0) is 0 Å². The highest BCUT2D eigenvalue weighted by Gasteiger charge is 2.36. The van der Waals surface area contributed by atoms with E-state index < -0.39 is 11.9 Å². The summed E-state index contributed by atoms with van der Waals surface area (Å²) < 4.78 is 11.2. The number of carbonyl (C=O) groups excluding carboxylic acids is 1. The first kappa shape index (κ1) is 20.5. The average Bonchev–Trinajstić information content (AvgIpc) is 3.53. The summed E-state index contributed by atoms with van der Waals surface area (Å²) in [6.45, 7) is 0. The molecule has 1 N–H and O–H groups in total. The van der Waals surface area contributed by atoms with E-state index in [2.05, 4.69) is 10.1 Å². The third kappa shape index (κ3) is 3.96. The van der Waals surface area contributed by atoms with Gasteiger partial charge in [0, 0.05) is 35.5 Å². The first-order valence-corrected chi connectivity index (χ1v) is 10.5. The highest BCUT2D eigenvalue weighted by molar-refractivity contribution is 6.04. The number of benzene rings is 2. The molecule has 7 heteroatoms. The summed E-state index contributed by atoms with van der Waals surface area (Å²) in [5, 5.41) is 16.5. The molecule has 3 heterocycles. The molecule has 0 saturated carbocycles. The number of pyridine rings is 1. The highest BCUT2D eigenvalue weighted by atomic mass is 16.5. The van der Waals surface area contributed by atoms with Crippen molar-refractivity contribution in [2.45, 2.75) is 12.5 Å². The summed E-state index contributed by atoms with van der Waals surface area (Å²) in [7, 11) is 1.60.